The molecule has 0 N–H and O–H groups in total. The fourth-order valence-corrected chi connectivity index (χ4v) is 9.94. The van der Waals surface area contributed by atoms with Crippen molar-refractivity contribution in [3.63, 3.8) is 0 Å². The summed E-state index contributed by atoms with van der Waals surface area (Å²) in [4.78, 5) is 17.9. The molecule has 4 saturated carbocycles. The van der Waals surface area contributed by atoms with E-state index in [0.717, 1.165) is 17.8 Å². The molecule has 0 radical (unpaired) electrons. The van der Waals surface area contributed by atoms with Crippen LogP contribution in [0, 0.1) is 37.0 Å². The van der Waals surface area contributed by atoms with Crippen LogP contribution >= 0.6 is 0 Å². The molecule has 34 heavy (non-hydrogen) atoms. The number of carbonyl (C=O) groups excluding carboxylic acids is 1. The topological polar surface area (TPSA) is 17.1 Å². The lowest BCUT2D eigenvalue weighted by molar-refractivity contribution is -0.143. The molecule has 1 nitrogen and oxygen atoms in total. The second-order valence-corrected chi connectivity index (χ2v) is 13.3. The van der Waals surface area contributed by atoms with E-state index in [1.165, 1.54) is 69.9 Å². The van der Waals surface area contributed by atoms with Crippen LogP contribution in [0.15, 0.2) is 87.5 Å². The first-order valence-electron chi connectivity index (χ1n) is 13.0. The van der Waals surface area contributed by atoms with Gasteiger partial charge in [-0.1, -0.05) is 36.4 Å². The van der Waals surface area contributed by atoms with Crippen molar-refractivity contribution in [2.75, 3.05) is 0 Å². The minimum atomic E-state index is -0.150. The Kier molecular flexibility index (Phi) is 5.68. The molecule has 0 amide bonds. The Labute approximate surface area is 207 Å². The maximum atomic E-state index is 13.8. The summed E-state index contributed by atoms with van der Waals surface area (Å²) in [6.07, 6.45) is 8.29. The second-order valence-electron chi connectivity index (χ2n) is 11.3. The zero-order valence-electron chi connectivity index (χ0n) is 20.4. The predicted molar refractivity (Wildman–Crippen MR) is 140 cm³/mol. The van der Waals surface area contributed by atoms with E-state index in [0.29, 0.717) is 12.2 Å². The minimum absolute atomic E-state index is 0.00926. The van der Waals surface area contributed by atoms with Gasteiger partial charge >= 0.3 is 0 Å². The van der Waals surface area contributed by atoms with Crippen LogP contribution in [-0.4, -0.2) is 5.78 Å². The summed E-state index contributed by atoms with van der Waals surface area (Å²) in [6.45, 7) is 4.44. The number of rotatable bonds is 6. The molecule has 0 heterocycles. The Balaban J connectivity index is 1.32. The van der Waals surface area contributed by atoms with Gasteiger partial charge in [0.1, 0.15) is 5.78 Å². The van der Waals surface area contributed by atoms with Crippen LogP contribution in [0.1, 0.15) is 55.2 Å². The number of carbonyl (C=O) groups is 1. The van der Waals surface area contributed by atoms with E-state index >= 15 is 0 Å². The van der Waals surface area contributed by atoms with Gasteiger partial charge in [-0.05, 0) is 123 Å². The molecule has 4 fully saturated rings. The van der Waals surface area contributed by atoms with E-state index in [2.05, 4.69) is 86.6 Å². The number of benzene rings is 3. The standard InChI is InChI=1S/C32H35OS/c1-22-13-29(34(27-9-5-3-6-10-27)28-11-7-4-8-12-28)14-23(2)30(22)18-31(33)32-19-24-15-25(20-32)17-26(16-24)21-32/h3-14,24-26H,15-21H2,1-2H3/q+1. The minimum Gasteiger partial charge on any atom is -0.299 e. The lowest BCUT2D eigenvalue weighted by Crippen LogP contribution is -2.50. The molecule has 4 aliphatic rings. The van der Waals surface area contributed by atoms with Crippen LogP contribution in [0.5, 0.6) is 0 Å². The summed E-state index contributed by atoms with van der Waals surface area (Å²) in [5.41, 5.74) is 3.81. The predicted octanol–water partition coefficient (Wildman–Crippen LogP) is 7.73. The average molecular weight is 468 g/mol. The van der Waals surface area contributed by atoms with Crippen LogP contribution in [0.3, 0.4) is 0 Å². The molecule has 174 valence electrons. The van der Waals surface area contributed by atoms with Gasteiger partial charge in [0.05, 0.1) is 10.9 Å². The molecule has 3 aromatic rings. The highest BCUT2D eigenvalue weighted by molar-refractivity contribution is 7.97. The third kappa shape index (κ3) is 3.94. The molecule has 4 bridgehead atoms. The number of aryl methyl sites for hydroxylation is 2. The molecule has 7 rings (SSSR count). The molecule has 3 aromatic carbocycles. The Morgan fingerprint density at radius 1 is 0.735 bits per heavy atom. The molecule has 4 aliphatic carbocycles. The van der Waals surface area contributed by atoms with Crippen molar-refractivity contribution < 1.29 is 4.79 Å². The zero-order chi connectivity index (χ0) is 23.3. The van der Waals surface area contributed by atoms with Crippen molar-refractivity contribution in [2.24, 2.45) is 23.2 Å². The number of hydrogen-bond acceptors (Lipinski definition) is 1. The summed E-state index contributed by atoms with van der Waals surface area (Å²) in [5, 5.41) is 0. The van der Waals surface area contributed by atoms with Gasteiger partial charge in [0.2, 0.25) is 0 Å². The molecule has 0 unspecified atom stereocenters. The van der Waals surface area contributed by atoms with Crippen LogP contribution in [0.4, 0.5) is 0 Å². The van der Waals surface area contributed by atoms with E-state index in [1.54, 1.807) is 0 Å². The third-order valence-electron chi connectivity index (χ3n) is 8.83. The Morgan fingerprint density at radius 2 is 1.18 bits per heavy atom. The maximum Gasteiger partial charge on any atom is 0.167 e. The molecular formula is C32H35OS+. The molecule has 0 aromatic heterocycles. The van der Waals surface area contributed by atoms with Crippen molar-refractivity contribution in [3.05, 3.63) is 89.5 Å². The van der Waals surface area contributed by atoms with E-state index in [1.807, 2.05) is 0 Å². The van der Waals surface area contributed by atoms with Crippen molar-refractivity contribution in [2.45, 2.75) is 73.5 Å². The SMILES string of the molecule is Cc1cc([S+](c2ccccc2)c2ccccc2)cc(C)c1CC(=O)C12CC3CC(CC(C3)C1)C2. The summed E-state index contributed by atoms with van der Waals surface area (Å²) in [5.74, 6) is 2.99. The van der Waals surface area contributed by atoms with Gasteiger partial charge in [-0.25, -0.2) is 0 Å². The van der Waals surface area contributed by atoms with Crippen LogP contribution in [-0.2, 0) is 22.1 Å². The van der Waals surface area contributed by atoms with Gasteiger partial charge in [0.15, 0.2) is 14.7 Å². The van der Waals surface area contributed by atoms with Crippen LogP contribution in [0.25, 0.3) is 0 Å². The molecule has 0 saturated heterocycles. The number of ketones is 1. The van der Waals surface area contributed by atoms with E-state index in [4.69, 9.17) is 0 Å². The fourth-order valence-electron chi connectivity index (χ4n) is 7.67. The normalized spacial score (nSPS) is 27.3. The zero-order valence-corrected chi connectivity index (χ0v) is 21.2. The lowest BCUT2D eigenvalue weighted by atomic mass is 9.48. The Hall–Kier alpha value is -2.32. The molecule has 0 spiro atoms. The Morgan fingerprint density at radius 3 is 1.62 bits per heavy atom. The third-order valence-corrected chi connectivity index (χ3v) is 11.0. The number of Topliss-reactive ketones (excluding diaryl/α,β-unsaturated/α-hetero) is 1. The first-order valence-corrected chi connectivity index (χ1v) is 14.2. The summed E-state index contributed by atoms with van der Waals surface area (Å²) in [7, 11) is -0.150. The summed E-state index contributed by atoms with van der Waals surface area (Å²) in [6, 6.07) is 26.4. The highest BCUT2D eigenvalue weighted by atomic mass is 32.2. The second kappa shape index (κ2) is 8.72. The van der Waals surface area contributed by atoms with Gasteiger partial charge in [0.25, 0.3) is 0 Å². The van der Waals surface area contributed by atoms with Crippen LogP contribution < -0.4 is 0 Å². The smallest absolute Gasteiger partial charge is 0.167 e. The largest absolute Gasteiger partial charge is 0.299 e. The molecule has 0 aliphatic heterocycles. The highest BCUT2D eigenvalue weighted by Gasteiger charge is 2.54. The van der Waals surface area contributed by atoms with Gasteiger partial charge in [-0.2, -0.15) is 0 Å². The average Bonchev–Trinajstić information content (AvgIpc) is 2.82. The quantitative estimate of drug-likeness (QED) is 0.339. The summed E-state index contributed by atoms with van der Waals surface area (Å²) >= 11 is 0. The van der Waals surface area contributed by atoms with Crippen LogP contribution in [0.2, 0.25) is 0 Å². The van der Waals surface area contributed by atoms with E-state index in [9.17, 15) is 4.79 Å². The van der Waals surface area contributed by atoms with E-state index < -0.39 is 0 Å². The van der Waals surface area contributed by atoms with Crippen molar-refractivity contribution >= 4 is 16.7 Å². The lowest BCUT2D eigenvalue weighted by Gasteiger charge is -2.56. The first kappa shape index (κ1) is 22.2. The maximum absolute atomic E-state index is 13.8. The summed E-state index contributed by atoms with van der Waals surface area (Å²) < 4.78 is 0. The van der Waals surface area contributed by atoms with Crippen molar-refractivity contribution in [1.29, 1.82) is 0 Å². The fraction of sp³-hybridized carbons (Fsp3) is 0.406. The van der Waals surface area contributed by atoms with E-state index in [-0.39, 0.29) is 16.3 Å². The van der Waals surface area contributed by atoms with Gasteiger partial charge in [0, 0.05) is 11.8 Å². The van der Waals surface area contributed by atoms with Gasteiger partial charge < -0.3 is 0 Å². The van der Waals surface area contributed by atoms with Crippen molar-refractivity contribution in [3.8, 4) is 0 Å². The van der Waals surface area contributed by atoms with Gasteiger partial charge in [-0.15, -0.1) is 0 Å². The highest BCUT2D eigenvalue weighted by Crippen LogP contribution is 2.60. The number of hydrogen-bond donors (Lipinski definition) is 0. The molecule has 2 heteroatoms. The Bertz CT molecular complexity index is 1100. The van der Waals surface area contributed by atoms with Crippen molar-refractivity contribution in [1.82, 2.24) is 0 Å². The first-order chi connectivity index (χ1) is 16.5. The monoisotopic (exact) mass is 467 g/mol. The van der Waals surface area contributed by atoms with Gasteiger partial charge in [-0.3, -0.25) is 4.79 Å². The molecular weight excluding hydrogens is 432 g/mol. The molecule has 0 atom stereocenters.